The van der Waals surface area contributed by atoms with E-state index in [1.54, 1.807) is 6.07 Å². The Hall–Kier alpha value is -3.27. The third kappa shape index (κ3) is 5.75. The van der Waals surface area contributed by atoms with E-state index in [2.05, 4.69) is 55.7 Å². The van der Waals surface area contributed by atoms with Crippen LogP contribution in [0.15, 0.2) is 66.7 Å². The Bertz CT molecular complexity index is 1340. The molecule has 3 aromatic carbocycles. The van der Waals surface area contributed by atoms with Crippen molar-refractivity contribution in [3.05, 3.63) is 106 Å². The molecule has 1 aromatic heterocycles. The van der Waals surface area contributed by atoms with Gasteiger partial charge in [-0.25, -0.2) is 8.78 Å². The molecule has 0 radical (unpaired) electrons. The number of halogens is 2. The summed E-state index contributed by atoms with van der Waals surface area (Å²) >= 11 is 0. The largest absolute Gasteiger partial charge is 0.339 e. The Morgan fingerprint density at radius 1 is 0.833 bits per heavy atom. The van der Waals surface area contributed by atoms with Gasteiger partial charge >= 0.3 is 0 Å². The number of Topliss-reactive ketones (excluding diaryl/α,β-unsaturated/α-hetero) is 1. The zero-order valence-corrected chi connectivity index (χ0v) is 21.5. The van der Waals surface area contributed by atoms with Crippen molar-refractivity contribution < 1.29 is 13.6 Å². The van der Waals surface area contributed by atoms with Crippen molar-refractivity contribution in [3.8, 4) is 0 Å². The van der Waals surface area contributed by atoms with Gasteiger partial charge in [0.2, 0.25) is 0 Å². The summed E-state index contributed by atoms with van der Waals surface area (Å²) < 4.78 is 29.4. The summed E-state index contributed by atoms with van der Waals surface area (Å²) in [5, 5.41) is 0.976. The Morgan fingerprint density at radius 3 is 2.25 bits per heavy atom. The third-order valence-electron chi connectivity index (χ3n) is 6.87. The van der Waals surface area contributed by atoms with Gasteiger partial charge in [0.25, 0.3) is 0 Å². The van der Waals surface area contributed by atoms with Crippen molar-refractivity contribution in [1.82, 2.24) is 4.57 Å². The molecule has 4 heteroatoms. The van der Waals surface area contributed by atoms with Gasteiger partial charge in [-0.05, 0) is 60.1 Å². The summed E-state index contributed by atoms with van der Waals surface area (Å²) in [4.78, 5) is 13.7. The van der Waals surface area contributed by atoms with Crippen LogP contribution in [0, 0.1) is 11.6 Å². The lowest BCUT2D eigenvalue weighted by Gasteiger charge is -2.15. The molecular formula is C32H35F2NO. The number of unbranched alkanes of at least 4 members (excludes halogenated alkanes) is 2. The van der Waals surface area contributed by atoms with Crippen molar-refractivity contribution in [1.29, 1.82) is 0 Å². The molecule has 0 aliphatic rings. The van der Waals surface area contributed by atoms with E-state index >= 15 is 0 Å². The van der Waals surface area contributed by atoms with Crippen LogP contribution in [0.2, 0.25) is 0 Å². The lowest BCUT2D eigenvalue weighted by atomic mass is 9.95. The second-order valence-electron chi connectivity index (χ2n) is 9.97. The number of carbonyl (C=O) groups excluding carboxylic acids is 1. The zero-order chi connectivity index (χ0) is 25.7. The van der Waals surface area contributed by atoms with Gasteiger partial charge in [-0.3, -0.25) is 4.79 Å². The molecule has 4 rings (SSSR count). The number of carbonyl (C=O) groups is 1. The molecule has 4 aromatic rings. The van der Waals surface area contributed by atoms with Crippen molar-refractivity contribution in [2.75, 3.05) is 0 Å². The third-order valence-corrected chi connectivity index (χ3v) is 6.87. The zero-order valence-electron chi connectivity index (χ0n) is 21.5. The van der Waals surface area contributed by atoms with Crippen LogP contribution in [0.3, 0.4) is 0 Å². The molecule has 36 heavy (non-hydrogen) atoms. The molecule has 0 bridgehead atoms. The maximum absolute atomic E-state index is 13.7. The van der Waals surface area contributed by atoms with Crippen molar-refractivity contribution in [2.45, 2.75) is 71.8 Å². The molecule has 0 aliphatic carbocycles. The number of aryl methyl sites for hydroxylation is 2. The van der Waals surface area contributed by atoms with E-state index in [1.165, 1.54) is 30.0 Å². The molecule has 0 aliphatic heterocycles. The van der Waals surface area contributed by atoms with Gasteiger partial charge in [-0.2, -0.15) is 0 Å². The smallest absolute Gasteiger partial charge is 0.165 e. The molecule has 0 atom stereocenters. The average molecular weight is 488 g/mol. The predicted molar refractivity (Wildman–Crippen MR) is 144 cm³/mol. The molecule has 0 spiro atoms. The highest BCUT2D eigenvalue weighted by Gasteiger charge is 2.24. The number of aromatic nitrogens is 1. The van der Waals surface area contributed by atoms with Gasteiger partial charge in [-0.15, -0.1) is 0 Å². The number of benzene rings is 3. The van der Waals surface area contributed by atoms with Gasteiger partial charge < -0.3 is 4.57 Å². The van der Waals surface area contributed by atoms with Crippen LogP contribution in [0.5, 0.6) is 0 Å². The van der Waals surface area contributed by atoms with Crippen molar-refractivity contribution >= 4 is 16.7 Å². The predicted octanol–water partition coefficient (Wildman–Crippen LogP) is 8.64. The van der Waals surface area contributed by atoms with E-state index in [0.717, 1.165) is 41.1 Å². The lowest BCUT2D eigenvalue weighted by molar-refractivity contribution is 0.0983. The van der Waals surface area contributed by atoms with Crippen molar-refractivity contribution in [2.24, 2.45) is 0 Å². The number of ketones is 1. The normalized spacial score (nSPS) is 11.5. The summed E-state index contributed by atoms with van der Waals surface area (Å²) in [5.74, 6) is -1.56. The van der Waals surface area contributed by atoms with E-state index in [4.69, 9.17) is 0 Å². The number of rotatable bonds is 11. The highest BCUT2D eigenvalue weighted by molar-refractivity contribution is 6.10. The molecule has 188 valence electrons. The second-order valence-corrected chi connectivity index (χ2v) is 9.97. The van der Waals surface area contributed by atoms with E-state index < -0.39 is 11.6 Å². The highest BCUT2D eigenvalue weighted by Crippen LogP contribution is 2.34. The van der Waals surface area contributed by atoms with Gasteiger partial charge in [0.1, 0.15) is 0 Å². The molecule has 0 saturated heterocycles. The molecule has 0 N–H and O–H groups in total. The van der Waals surface area contributed by atoms with Crippen LogP contribution in [0.1, 0.15) is 85.1 Å². The molecule has 0 amide bonds. The summed E-state index contributed by atoms with van der Waals surface area (Å²) in [6, 6.07) is 20.7. The summed E-state index contributed by atoms with van der Waals surface area (Å²) in [6.07, 6.45) is 5.17. The van der Waals surface area contributed by atoms with E-state index in [1.807, 2.05) is 18.2 Å². The molecule has 0 saturated carbocycles. The van der Waals surface area contributed by atoms with E-state index in [-0.39, 0.29) is 18.1 Å². The Kier molecular flexibility index (Phi) is 8.35. The fraction of sp³-hybridized carbons (Fsp3) is 0.344. The fourth-order valence-electron chi connectivity index (χ4n) is 5.06. The lowest BCUT2D eigenvalue weighted by Crippen LogP contribution is -2.11. The van der Waals surface area contributed by atoms with Gasteiger partial charge in [0, 0.05) is 35.1 Å². The molecule has 2 nitrogen and oxygen atoms in total. The first-order valence-corrected chi connectivity index (χ1v) is 13.0. The minimum atomic E-state index is -0.877. The minimum absolute atomic E-state index is 0.0407. The fourth-order valence-corrected chi connectivity index (χ4v) is 5.06. The van der Waals surface area contributed by atoms with Crippen LogP contribution >= 0.6 is 0 Å². The van der Waals surface area contributed by atoms with Crippen LogP contribution in [0.25, 0.3) is 10.9 Å². The highest BCUT2D eigenvalue weighted by atomic mass is 19.2. The number of nitrogens with zero attached hydrogens (tertiary/aromatic N) is 1. The standard InChI is InChI=1S/C32H35F2NO/c1-4-5-7-10-23-13-16-26-29(20-23)35(21-25-11-8-6-9-12-25)32(22(2)3)31(26)30(36)18-15-24-14-17-27(33)28(34)19-24/h6,8-9,11-14,16-17,19-20,22H,4-5,7,10,15,18,21H2,1-3H3. The Balaban J connectivity index is 1.75. The summed E-state index contributed by atoms with van der Waals surface area (Å²) in [7, 11) is 0. The van der Waals surface area contributed by atoms with Crippen molar-refractivity contribution in [3.63, 3.8) is 0 Å². The quantitative estimate of drug-likeness (QED) is 0.153. The van der Waals surface area contributed by atoms with Crippen LogP contribution in [-0.4, -0.2) is 10.4 Å². The maximum Gasteiger partial charge on any atom is 0.165 e. The maximum atomic E-state index is 13.7. The number of hydrogen-bond donors (Lipinski definition) is 0. The SMILES string of the molecule is CCCCCc1ccc2c(C(=O)CCc3ccc(F)c(F)c3)c(C(C)C)n(Cc3ccccc3)c2c1. The van der Waals surface area contributed by atoms with Crippen LogP contribution in [-0.2, 0) is 19.4 Å². The van der Waals surface area contributed by atoms with Crippen LogP contribution < -0.4 is 0 Å². The summed E-state index contributed by atoms with van der Waals surface area (Å²) in [5.41, 5.74) is 5.99. The van der Waals surface area contributed by atoms with E-state index in [9.17, 15) is 13.6 Å². The first kappa shape index (κ1) is 25.8. The van der Waals surface area contributed by atoms with Gasteiger partial charge in [0.15, 0.2) is 17.4 Å². The molecule has 0 fully saturated rings. The van der Waals surface area contributed by atoms with Gasteiger partial charge in [0.05, 0.1) is 0 Å². The number of hydrogen-bond acceptors (Lipinski definition) is 1. The average Bonchev–Trinajstić information content (AvgIpc) is 3.19. The Labute approximate surface area is 213 Å². The molecule has 1 heterocycles. The van der Waals surface area contributed by atoms with Gasteiger partial charge in [-0.1, -0.05) is 82.1 Å². The topological polar surface area (TPSA) is 22.0 Å². The Morgan fingerprint density at radius 2 is 1.56 bits per heavy atom. The molecule has 0 unspecified atom stereocenters. The first-order chi connectivity index (χ1) is 17.4. The number of fused-ring (bicyclic) bond motifs is 1. The minimum Gasteiger partial charge on any atom is -0.339 e. The van der Waals surface area contributed by atoms with E-state index in [0.29, 0.717) is 18.5 Å². The van der Waals surface area contributed by atoms with Crippen LogP contribution in [0.4, 0.5) is 8.78 Å². The first-order valence-electron chi connectivity index (χ1n) is 13.0. The molecular weight excluding hydrogens is 452 g/mol. The summed E-state index contributed by atoms with van der Waals surface area (Å²) in [6.45, 7) is 7.16. The second kappa shape index (κ2) is 11.6. The monoisotopic (exact) mass is 487 g/mol.